The molecule has 0 saturated carbocycles. The number of benzene rings is 1. The molecule has 1 amide bonds. The fourth-order valence-electron chi connectivity index (χ4n) is 2.21. The molecule has 6 heteroatoms. The van der Waals surface area contributed by atoms with Gasteiger partial charge in [0.15, 0.2) is 0 Å². The molecule has 0 spiro atoms. The van der Waals surface area contributed by atoms with Crippen LogP contribution >= 0.6 is 11.6 Å². The lowest BCUT2D eigenvalue weighted by atomic mass is 10.1. The van der Waals surface area contributed by atoms with E-state index in [4.69, 9.17) is 22.1 Å². The molecular formula is C14H20ClN3O2. The van der Waals surface area contributed by atoms with Crippen molar-refractivity contribution in [2.75, 3.05) is 31.6 Å². The van der Waals surface area contributed by atoms with Gasteiger partial charge in [-0.3, -0.25) is 4.79 Å². The minimum Gasteiger partial charge on any atom is -0.383 e. The zero-order chi connectivity index (χ0) is 14.4. The van der Waals surface area contributed by atoms with Gasteiger partial charge in [-0.1, -0.05) is 11.6 Å². The first-order valence-corrected chi connectivity index (χ1v) is 7.20. The molecule has 2 rings (SSSR count). The molecule has 4 N–H and O–H groups in total. The second-order valence-corrected chi connectivity index (χ2v) is 5.21. The van der Waals surface area contributed by atoms with E-state index in [9.17, 15) is 4.79 Å². The Balaban J connectivity index is 1.73. The number of hydrogen-bond donors (Lipinski definition) is 3. The molecule has 0 aliphatic carbocycles. The summed E-state index contributed by atoms with van der Waals surface area (Å²) in [5, 5.41) is 6.88. The number of ether oxygens (including phenoxy) is 1. The number of rotatable bonds is 6. The quantitative estimate of drug-likeness (QED) is 0.697. The molecule has 0 unspecified atom stereocenters. The van der Waals surface area contributed by atoms with Crippen LogP contribution in [0.5, 0.6) is 0 Å². The lowest BCUT2D eigenvalue weighted by Crippen LogP contribution is -2.33. The number of carbonyl (C=O) groups excluding carboxylic acids is 1. The Morgan fingerprint density at radius 3 is 2.85 bits per heavy atom. The maximum Gasteiger partial charge on any atom is 0.250 e. The lowest BCUT2D eigenvalue weighted by Gasteiger charge is -2.23. The molecule has 1 aliphatic heterocycles. The van der Waals surface area contributed by atoms with E-state index < -0.39 is 5.91 Å². The SMILES string of the molecule is NC(=O)c1ccc(NCCOC2CCNCC2)cc1Cl. The van der Waals surface area contributed by atoms with Gasteiger partial charge in [0.2, 0.25) is 5.91 Å². The lowest BCUT2D eigenvalue weighted by molar-refractivity contribution is 0.0394. The number of nitrogens with two attached hydrogens (primary N) is 1. The van der Waals surface area contributed by atoms with Crippen LogP contribution in [0.25, 0.3) is 0 Å². The predicted molar refractivity (Wildman–Crippen MR) is 80.3 cm³/mol. The van der Waals surface area contributed by atoms with E-state index in [1.54, 1.807) is 18.2 Å². The molecule has 1 saturated heterocycles. The van der Waals surface area contributed by atoms with Crippen molar-refractivity contribution in [3.8, 4) is 0 Å². The number of primary amides is 1. The van der Waals surface area contributed by atoms with Crippen LogP contribution in [0.1, 0.15) is 23.2 Å². The molecule has 0 atom stereocenters. The highest BCUT2D eigenvalue weighted by atomic mass is 35.5. The molecule has 0 radical (unpaired) electrons. The topological polar surface area (TPSA) is 76.4 Å². The fourth-order valence-corrected chi connectivity index (χ4v) is 2.48. The van der Waals surface area contributed by atoms with Crippen molar-refractivity contribution in [1.82, 2.24) is 5.32 Å². The highest BCUT2D eigenvalue weighted by Gasteiger charge is 2.12. The Kier molecular flexibility index (Phi) is 5.64. The zero-order valence-electron chi connectivity index (χ0n) is 11.3. The van der Waals surface area contributed by atoms with E-state index in [-0.39, 0.29) is 0 Å². The molecule has 1 aromatic carbocycles. The molecule has 1 fully saturated rings. The van der Waals surface area contributed by atoms with Crippen LogP contribution in [0.15, 0.2) is 18.2 Å². The minimum absolute atomic E-state index is 0.336. The van der Waals surface area contributed by atoms with Crippen molar-refractivity contribution < 1.29 is 9.53 Å². The van der Waals surface area contributed by atoms with Crippen molar-refractivity contribution in [3.63, 3.8) is 0 Å². The monoisotopic (exact) mass is 297 g/mol. The number of piperidine rings is 1. The number of hydrogen-bond acceptors (Lipinski definition) is 4. The predicted octanol–water partition coefficient (Wildman–Crippen LogP) is 1.62. The summed E-state index contributed by atoms with van der Waals surface area (Å²) in [6.07, 6.45) is 2.50. The highest BCUT2D eigenvalue weighted by Crippen LogP contribution is 2.20. The molecule has 5 nitrogen and oxygen atoms in total. The van der Waals surface area contributed by atoms with Crippen molar-refractivity contribution in [3.05, 3.63) is 28.8 Å². The van der Waals surface area contributed by atoms with Crippen LogP contribution < -0.4 is 16.4 Å². The first-order valence-electron chi connectivity index (χ1n) is 6.82. The van der Waals surface area contributed by atoms with Crippen molar-refractivity contribution in [1.29, 1.82) is 0 Å². The Morgan fingerprint density at radius 2 is 2.20 bits per heavy atom. The molecule has 0 bridgehead atoms. The van der Waals surface area contributed by atoms with E-state index in [0.29, 0.717) is 29.8 Å². The van der Waals surface area contributed by atoms with E-state index in [0.717, 1.165) is 31.6 Å². The molecule has 1 aromatic rings. The van der Waals surface area contributed by atoms with Gasteiger partial charge in [0.25, 0.3) is 0 Å². The zero-order valence-corrected chi connectivity index (χ0v) is 12.1. The molecule has 1 heterocycles. The van der Waals surface area contributed by atoms with Gasteiger partial charge >= 0.3 is 0 Å². The maximum atomic E-state index is 11.1. The summed E-state index contributed by atoms with van der Waals surface area (Å²) in [5.74, 6) is -0.518. The van der Waals surface area contributed by atoms with Crippen LogP contribution in [0, 0.1) is 0 Å². The first kappa shape index (κ1) is 15.1. The van der Waals surface area contributed by atoms with Crippen LogP contribution in [0.4, 0.5) is 5.69 Å². The number of halogens is 1. The Morgan fingerprint density at radius 1 is 1.45 bits per heavy atom. The minimum atomic E-state index is -0.518. The smallest absolute Gasteiger partial charge is 0.250 e. The average Bonchev–Trinajstić information content (AvgIpc) is 2.44. The summed E-state index contributed by atoms with van der Waals surface area (Å²) in [6.45, 7) is 3.42. The molecule has 1 aliphatic rings. The summed E-state index contributed by atoms with van der Waals surface area (Å²) in [6, 6.07) is 5.11. The summed E-state index contributed by atoms with van der Waals surface area (Å²) >= 11 is 5.98. The van der Waals surface area contributed by atoms with Gasteiger partial charge in [0.05, 0.1) is 23.3 Å². The number of nitrogens with one attached hydrogen (secondary N) is 2. The largest absolute Gasteiger partial charge is 0.383 e. The van der Waals surface area contributed by atoms with E-state index >= 15 is 0 Å². The average molecular weight is 298 g/mol. The summed E-state index contributed by atoms with van der Waals surface area (Å²) in [5.41, 5.74) is 6.39. The van der Waals surface area contributed by atoms with Crippen molar-refractivity contribution in [2.24, 2.45) is 5.73 Å². The van der Waals surface area contributed by atoms with Gasteiger partial charge in [-0.15, -0.1) is 0 Å². The fraction of sp³-hybridized carbons (Fsp3) is 0.500. The van der Waals surface area contributed by atoms with Crippen LogP contribution in [-0.2, 0) is 4.74 Å². The molecule has 20 heavy (non-hydrogen) atoms. The van der Waals surface area contributed by atoms with Crippen LogP contribution in [0.3, 0.4) is 0 Å². The number of anilines is 1. The summed E-state index contributed by atoms with van der Waals surface area (Å²) in [7, 11) is 0. The van der Waals surface area contributed by atoms with Gasteiger partial charge < -0.3 is 21.1 Å². The Bertz CT molecular complexity index is 462. The molecular weight excluding hydrogens is 278 g/mol. The van der Waals surface area contributed by atoms with Gasteiger partial charge in [0, 0.05) is 12.2 Å². The third kappa shape index (κ3) is 4.37. The van der Waals surface area contributed by atoms with E-state index in [1.807, 2.05) is 0 Å². The summed E-state index contributed by atoms with van der Waals surface area (Å²) in [4.78, 5) is 11.1. The summed E-state index contributed by atoms with van der Waals surface area (Å²) < 4.78 is 5.79. The Hall–Kier alpha value is -1.30. The normalized spacial score (nSPS) is 16.1. The Labute approximate surface area is 123 Å². The van der Waals surface area contributed by atoms with Crippen LogP contribution in [-0.4, -0.2) is 38.3 Å². The molecule has 0 aromatic heterocycles. The second-order valence-electron chi connectivity index (χ2n) is 4.81. The van der Waals surface area contributed by atoms with Crippen molar-refractivity contribution in [2.45, 2.75) is 18.9 Å². The van der Waals surface area contributed by atoms with Gasteiger partial charge in [0.1, 0.15) is 0 Å². The first-order chi connectivity index (χ1) is 9.66. The van der Waals surface area contributed by atoms with Gasteiger partial charge in [-0.2, -0.15) is 0 Å². The van der Waals surface area contributed by atoms with Gasteiger partial charge in [-0.25, -0.2) is 0 Å². The van der Waals surface area contributed by atoms with Crippen molar-refractivity contribution >= 4 is 23.2 Å². The molecule has 110 valence electrons. The third-order valence-corrected chi connectivity index (χ3v) is 3.62. The second kappa shape index (κ2) is 7.47. The standard InChI is InChI=1S/C14H20ClN3O2/c15-13-9-10(1-2-12(13)14(16)19)18-7-8-20-11-3-5-17-6-4-11/h1-2,9,11,17-18H,3-8H2,(H2,16,19). The number of carbonyl (C=O) groups is 1. The van der Waals surface area contributed by atoms with Gasteiger partial charge in [-0.05, 0) is 44.1 Å². The van der Waals surface area contributed by atoms with E-state index in [1.165, 1.54) is 0 Å². The van der Waals surface area contributed by atoms with E-state index in [2.05, 4.69) is 10.6 Å². The van der Waals surface area contributed by atoms with Crippen LogP contribution in [0.2, 0.25) is 5.02 Å². The highest BCUT2D eigenvalue weighted by molar-refractivity contribution is 6.34. The third-order valence-electron chi connectivity index (χ3n) is 3.31. The maximum absolute atomic E-state index is 11.1. The number of amides is 1.